The van der Waals surface area contributed by atoms with E-state index < -0.39 is 0 Å². The van der Waals surface area contributed by atoms with E-state index in [2.05, 4.69) is 63.2 Å². The van der Waals surface area contributed by atoms with Gasteiger partial charge in [0, 0.05) is 0 Å². The van der Waals surface area contributed by atoms with Gasteiger partial charge in [-0.2, -0.15) is 0 Å². The zero-order chi connectivity index (χ0) is 13.1. The third-order valence-electron chi connectivity index (χ3n) is 3.30. The van der Waals surface area contributed by atoms with E-state index in [1.54, 1.807) is 0 Å². The Morgan fingerprint density at radius 3 is 2.11 bits per heavy atom. The van der Waals surface area contributed by atoms with Crippen LogP contribution in [0.1, 0.15) is 33.2 Å². The van der Waals surface area contributed by atoms with Crippen LogP contribution in [0.15, 0.2) is 42.5 Å². The van der Waals surface area contributed by atoms with Crippen LogP contribution in [0.4, 0.5) is 0 Å². The molecule has 0 bridgehead atoms. The average molecular weight is 259 g/mol. The second kappa shape index (κ2) is 5.58. The van der Waals surface area contributed by atoms with Crippen molar-refractivity contribution in [1.82, 2.24) is 0 Å². The van der Waals surface area contributed by atoms with Gasteiger partial charge in [-0.05, 0) is 43.9 Å². The van der Waals surface area contributed by atoms with E-state index in [-0.39, 0.29) is 5.38 Å². The quantitative estimate of drug-likeness (QED) is 0.669. The molecule has 0 amide bonds. The number of hydrogen-bond acceptors (Lipinski definition) is 0. The fraction of sp³-hybridized carbons (Fsp3) is 0.294. The minimum atomic E-state index is 0.0494. The summed E-state index contributed by atoms with van der Waals surface area (Å²) in [5, 5.41) is 0.0494. The molecule has 0 N–H and O–H groups in total. The normalized spacial score (nSPS) is 12.4. The van der Waals surface area contributed by atoms with E-state index in [0.29, 0.717) is 0 Å². The van der Waals surface area contributed by atoms with E-state index in [9.17, 15) is 0 Å². The minimum Gasteiger partial charge on any atom is -0.117 e. The number of alkyl halides is 1. The lowest BCUT2D eigenvalue weighted by Crippen LogP contribution is -1.99. The maximum absolute atomic E-state index is 6.54. The van der Waals surface area contributed by atoms with Gasteiger partial charge in [-0.1, -0.05) is 53.6 Å². The van der Waals surface area contributed by atoms with Gasteiger partial charge in [-0.15, -0.1) is 11.6 Å². The van der Waals surface area contributed by atoms with Crippen molar-refractivity contribution in [3.8, 4) is 0 Å². The molecule has 2 aromatic carbocycles. The number of halogens is 1. The maximum atomic E-state index is 6.54. The van der Waals surface area contributed by atoms with Crippen LogP contribution in [-0.4, -0.2) is 0 Å². The van der Waals surface area contributed by atoms with Gasteiger partial charge in [0.2, 0.25) is 0 Å². The molecule has 1 atom stereocenters. The van der Waals surface area contributed by atoms with Crippen LogP contribution >= 0.6 is 11.6 Å². The van der Waals surface area contributed by atoms with Crippen molar-refractivity contribution in [3.63, 3.8) is 0 Å². The van der Waals surface area contributed by atoms with Crippen LogP contribution in [0.3, 0.4) is 0 Å². The highest BCUT2D eigenvalue weighted by atomic mass is 35.5. The summed E-state index contributed by atoms with van der Waals surface area (Å²) in [6, 6.07) is 15.1. The molecule has 0 radical (unpaired) electrons. The molecule has 2 rings (SSSR count). The summed E-state index contributed by atoms with van der Waals surface area (Å²) >= 11 is 6.54. The molecule has 0 fully saturated rings. The SMILES string of the molecule is Cc1ccc(CC(Cl)c2ccc(C)cc2C)cc1. The molecule has 0 spiro atoms. The summed E-state index contributed by atoms with van der Waals surface area (Å²) < 4.78 is 0. The molecule has 0 saturated carbocycles. The Bertz CT molecular complexity index is 526. The van der Waals surface area contributed by atoms with Crippen molar-refractivity contribution >= 4 is 11.6 Å². The summed E-state index contributed by atoms with van der Waals surface area (Å²) in [6.45, 7) is 6.35. The number of benzene rings is 2. The summed E-state index contributed by atoms with van der Waals surface area (Å²) in [5.41, 5.74) is 6.39. The molecule has 0 aliphatic carbocycles. The predicted octanol–water partition coefficient (Wildman–Crippen LogP) is 5.13. The zero-order valence-electron chi connectivity index (χ0n) is 11.2. The summed E-state index contributed by atoms with van der Waals surface area (Å²) in [7, 11) is 0. The van der Waals surface area contributed by atoms with Crippen molar-refractivity contribution in [2.75, 3.05) is 0 Å². The highest BCUT2D eigenvalue weighted by Gasteiger charge is 2.11. The van der Waals surface area contributed by atoms with Gasteiger partial charge in [0.15, 0.2) is 0 Å². The molecule has 2 aromatic rings. The largest absolute Gasteiger partial charge is 0.117 e. The smallest absolute Gasteiger partial charge is 0.0628 e. The molecule has 0 nitrogen and oxygen atoms in total. The van der Waals surface area contributed by atoms with Crippen LogP contribution in [0.2, 0.25) is 0 Å². The minimum absolute atomic E-state index is 0.0494. The van der Waals surface area contributed by atoms with E-state index in [1.165, 1.54) is 27.8 Å². The van der Waals surface area contributed by atoms with Crippen molar-refractivity contribution < 1.29 is 0 Å². The van der Waals surface area contributed by atoms with E-state index >= 15 is 0 Å². The lowest BCUT2D eigenvalue weighted by Gasteiger charge is -2.13. The zero-order valence-corrected chi connectivity index (χ0v) is 12.0. The highest BCUT2D eigenvalue weighted by Crippen LogP contribution is 2.28. The first-order valence-electron chi connectivity index (χ1n) is 6.33. The first kappa shape index (κ1) is 13.2. The monoisotopic (exact) mass is 258 g/mol. The van der Waals surface area contributed by atoms with Crippen LogP contribution < -0.4 is 0 Å². The Hall–Kier alpha value is -1.27. The second-order valence-electron chi connectivity index (χ2n) is 5.02. The Morgan fingerprint density at radius 1 is 0.889 bits per heavy atom. The first-order chi connectivity index (χ1) is 8.56. The fourth-order valence-corrected chi connectivity index (χ4v) is 2.64. The second-order valence-corrected chi connectivity index (χ2v) is 5.54. The van der Waals surface area contributed by atoms with E-state index in [4.69, 9.17) is 11.6 Å². The first-order valence-corrected chi connectivity index (χ1v) is 6.76. The third kappa shape index (κ3) is 3.14. The Labute approximate surface area is 115 Å². The lowest BCUT2D eigenvalue weighted by atomic mass is 9.98. The van der Waals surface area contributed by atoms with E-state index in [1.807, 2.05) is 0 Å². The van der Waals surface area contributed by atoms with Gasteiger partial charge >= 0.3 is 0 Å². The molecule has 0 aromatic heterocycles. The number of aryl methyl sites for hydroxylation is 3. The van der Waals surface area contributed by atoms with Crippen LogP contribution in [-0.2, 0) is 6.42 Å². The van der Waals surface area contributed by atoms with Crippen LogP contribution in [0.25, 0.3) is 0 Å². The van der Waals surface area contributed by atoms with Gasteiger partial charge in [0.1, 0.15) is 0 Å². The van der Waals surface area contributed by atoms with Gasteiger partial charge < -0.3 is 0 Å². The van der Waals surface area contributed by atoms with Crippen LogP contribution in [0, 0.1) is 20.8 Å². The van der Waals surface area contributed by atoms with Crippen molar-refractivity contribution in [2.24, 2.45) is 0 Å². The van der Waals surface area contributed by atoms with Crippen LogP contribution in [0.5, 0.6) is 0 Å². The lowest BCUT2D eigenvalue weighted by molar-refractivity contribution is 0.908. The Morgan fingerprint density at radius 2 is 1.50 bits per heavy atom. The predicted molar refractivity (Wildman–Crippen MR) is 79.4 cm³/mol. The molecule has 0 aliphatic rings. The summed E-state index contributed by atoms with van der Waals surface area (Å²) in [6.07, 6.45) is 0.881. The topological polar surface area (TPSA) is 0 Å². The molecular formula is C17H19Cl. The highest BCUT2D eigenvalue weighted by molar-refractivity contribution is 6.21. The molecule has 0 saturated heterocycles. The fourth-order valence-electron chi connectivity index (χ4n) is 2.22. The molecule has 18 heavy (non-hydrogen) atoms. The van der Waals surface area contributed by atoms with Gasteiger partial charge in [-0.3, -0.25) is 0 Å². The number of hydrogen-bond donors (Lipinski definition) is 0. The molecule has 0 aliphatic heterocycles. The summed E-state index contributed by atoms with van der Waals surface area (Å²) in [4.78, 5) is 0. The van der Waals surface area contributed by atoms with Crippen molar-refractivity contribution in [2.45, 2.75) is 32.6 Å². The Balaban J connectivity index is 2.16. The summed E-state index contributed by atoms with van der Waals surface area (Å²) in [5.74, 6) is 0. The Kier molecular flexibility index (Phi) is 4.08. The maximum Gasteiger partial charge on any atom is 0.0628 e. The van der Waals surface area contributed by atoms with Gasteiger partial charge in [0.05, 0.1) is 5.38 Å². The molecule has 94 valence electrons. The van der Waals surface area contributed by atoms with Crippen molar-refractivity contribution in [3.05, 3.63) is 70.3 Å². The van der Waals surface area contributed by atoms with Gasteiger partial charge in [-0.25, -0.2) is 0 Å². The van der Waals surface area contributed by atoms with E-state index in [0.717, 1.165) is 6.42 Å². The molecule has 1 unspecified atom stereocenters. The molecular weight excluding hydrogens is 240 g/mol. The van der Waals surface area contributed by atoms with Crippen molar-refractivity contribution in [1.29, 1.82) is 0 Å². The molecule has 0 heterocycles. The standard InChI is InChI=1S/C17H19Cl/c1-12-4-7-15(8-5-12)11-17(18)16-9-6-13(2)10-14(16)3/h4-10,17H,11H2,1-3H3. The average Bonchev–Trinajstić information content (AvgIpc) is 2.32. The van der Waals surface area contributed by atoms with Gasteiger partial charge in [0.25, 0.3) is 0 Å². The third-order valence-corrected chi connectivity index (χ3v) is 3.69. The number of rotatable bonds is 3. The molecule has 1 heteroatoms.